The average molecular weight is 221 g/mol. The molecule has 1 aromatic rings. The molecule has 1 N–H and O–H groups in total. The third-order valence-electron chi connectivity index (χ3n) is 2.19. The van der Waals surface area contributed by atoms with Gasteiger partial charge in [-0.3, -0.25) is 4.79 Å². The van der Waals surface area contributed by atoms with Gasteiger partial charge in [0.05, 0.1) is 13.0 Å². The maximum Gasteiger partial charge on any atom is 0.310 e. The second-order valence-corrected chi connectivity index (χ2v) is 3.61. The van der Waals surface area contributed by atoms with E-state index in [0.717, 1.165) is 24.2 Å². The molecule has 3 heteroatoms. The van der Waals surface area contributed by atoms with Crippen LogP contribution in [0.5, 0.6) is 0 Å². The lowest BCUT2D eigenvalue weighted by Crippen LogP contribution is -2.07. The molecule has 0 amide bonds. The Balaban J connectivity index is 2.47. The highest BCUT2D eigenvalue weighted by atomic mass is 16.5. The predicted molar refractivity (Wildman–Crippen MR) is 65.6 cm³/mol. The molecule has 3 nitrogen and oxygen atoms in total. The van der Waals surface area contributed by atoms with Crippen LogP contribution in [0.15, 0.2) is 24.3 Å². The first kappa shape index (κ1) is 12.6. The minimum Gasteiger partial charge on any atom is -0.466 e. The number of carbonyl (C=O) groups is 1. The number of rotatable bonds is 6. The molecule has 0 radical (unpaired) electrons. The first-order valence-corrected chi connectivity index (χ1v) is 5.74. The number of hydrogen-bond donors (Lipinski definition) is 1. The highest BCUT2D eigenvalue weighted by Crippen LogP contribution is 2.10. The second kappa shape index (κ2) is 6.88. The molecule has 1 rings (SSSR count). The fourth-order valence-corrected chi connectivity index (χ4v) is 1.39. The molecule has 0 heterocycles. The number of nitrogens with one attached hydrogen (secondary N) is 1. The average Bonchev–Trinajstić information content (AvgIpc) is 2.28. The summed E-state index contributed by atoms with van der Waals surface area (Å²) >= 11 is 0. The number of carbonyl (C=O) groups excluding carboxylic acids is 1. The van der Waals surface area contributed by atoms with Gasteiger partial charge in [-0.05, 0) is 31.0 Å². The highest BCUT2D eigenvalue weighted by Gasteiger charge is 2.03. The number of benzene rings is 1. The molecule has 0 unspecified atom stereocenters. The Hall–Kier alpha value is -1.51. The summed E-state index contributed by atoms with van der Waals surface area (Å²) in [6.07, 6.45) is 1.45. The lowest BCUT2D eigenvalue weighted by molar-refractivity contribution is -0.142. The monoisotopic (exact) mass is 221 g/mol. The molecule has 0 spiro atoms. The van der Waals surface area contributed by atoms with Crippen LogP contribution in [0, 0.1) is 0 Å². The van der Waals surface area contributed by atoms with Gasteiger partial charge in [0, 0.05) is 12.2 Å². The summed E-state index contributed by atoms with van der Waals surface area (Å²) in [5.74, 6) is -0.170. The number of esters is 1. The van der Waals surface area contributed by atoms with Gasteiger partial charge >= 0.3 is 5.97 Å². The van der Waals surface area contributed by atoms with Crippen LogP contribution in [0.4, 0.5) is 5.69 Å². The van der Waals surface area contributed by atoms with Crippen molar-refractivity contribution in [1.29, 1.82) is 0 Å². The van der Waals surface area contributed by atoms with Crippen molar-refractivity contribution in [3.05, 3.63) is 29.8 Å². The minimum absolute atomic E-state index is 0.170. The molecule has 0 bridgehead atoms. The van der Waals surface area contributed by atoms with Crippen LogP contribution in [-0.2, 0) is 16.0 Å². The fourth-order valence-electron chi connectivity index (χ4n) is 1.39. The van der Waals surface area contributed by atoms with E-state index in [1.165, 1.54) is 0 Å². The van der Waals surface area contributed by atoms with Crippen molar-refractivity contribution in [2.45, 2.75) is 26.7 Å². The Morgan fingerprint density at radius 1 is 1.25 bits per heavy atom. The van der Waals surface area contributed by atoms with E-state index in [1.807, 2.05) is 31.2 Å². The topological polar surface area (TPSA) is 38.3 Å². The Morgan fingerprint density at radius 3 is 2.50 bits per heavy atom. The summed E-state index contributed by atoms with van der Waals surface area (Å²) in [5.41, 5.74) is 2.08. The number of hydrogen-bond acceptors (Lipinski definition) is 3. The van der Waals surface area contributed by atoms with E-state index in [4.69, 9.17) is 4.74 Å². The van der Waals surface area contributed by atoms with Gasteiger partial charge in [0.2, 0.25) is 0 Å². The summed E-state index contributed by atoms with van der Waals surface area (Å²) in [4.78, 5) is 11.2. The molecule has 0 saturated heterocycles. The van der Waals surface area contributed by atoms with E-state index >= 15 is 0 Å². The number of ether oxygens (including phenoxy) is 1. The zero-order chi connectivity index (χ0) is 11.8. The molecule has 0 fully saturated rings. The lowest BCUT2D eigenvalue weighted by Gasteiger charge is -2.06. The van der Waals surface area contributed by atoms with Crippen LogP contribution in [-0.4, -0.2) is 19.1 Å². The lowest BCUT2D eigenvalue weighted by atomic mass is 10.1. The Kier molecular flexibility index (Phi) is 5.40. The first-order valence-electron chi connectivity index (χ1n) is 5.74. The summed E-state index contributed by atoms with van der Waals surface area (Å²) in [5, 5.41) is 3.28. The van der Waals surface area contributed by atoms with E-state index in [0.29, 0.717) is 13.0 Å². The third kappa shape index (κ3) is 4.34. The maximum absolute atomic E-state index is 11.2. The van der Waals surface area contributed by atoms with Crippen molar-refractivity contribution in [2.75, 3.05) is 18.5 Å². The normalized spacial score (nSPS) is 9.88. The quantitative estimate of drug-likeness (QED) is 0.750. The Labute approximate surface area is 96.8 Å². The largest absolute Gasteiger partial charge is 0.466 e. The van der Waals surface area contributed by atoms with Gasteiger partial charge in [0.15, 0.2) is 0 Å². The first-order chi connectivity index (χ1) is 7.76. The predicted octanol–water partition coefficient (Wildman–Crippen LogP) is 2.61. The van der Waals surface area contributed by atoms with Crippen molar-refractivity contribution in [2.24, 2.45) is 0 Å². The Morgan fingerprint density at radius 2 is 1.94 bits per heavy atom. The minimum atomic E-state index is -0.170. The second-order valence-electron chi connectivity index (χ2n) is 3.61. The van der Waals surface area contributed by atoms with Crippen LogP contribution in [0.3, 0.4) is 0 Å². The Bertz CT molecular complexity index is 319. The molecular formula is C13H19NO2. The molecule has 0 aliphatic carbocycles. The van der Waals surface area contributed by atoms with E-state index < -0.39 is 0 Å². The van der Waals surface area contributed by atoms with Gasteiger partial charge in [-0.2, -0.15) is 0 Å². The number of anilines is 1. The fraction of sp³-hybridized carbons (Fsp3) is 0.462. The van der Waals surface area contributed by atoms with Gasteiger partial charge in [0.1, 0.15) is 0 Å². The van der Waals surface area contributed by atoms with Gasteiger partial charge in [0.25, 0.3) is 0 Å². The van der Waals surface area contributed by atoms with Gasteiger partial charge in [-0.25, -0.2) is 0 Å². The van der Waals surface area contributed by atoms with Crippen LogP contribution in [0.2, 0.25) is 0 Å². The molecule has 0 aromatic heterocycles. The molecule has 0 aliphatic heterocycles. The third-order valence-corrected chi connectivity index (χ3v) is 2.19. The zero-order valence-electron chi connectivity index (χ0n) is 9.95. The van der Waals surface area contributed by atoms with Crippen LogP contribution in [0.25, 0.3) is 0 Å². The summed E-state index contributed by atoms with van der Waals surface area (Å²) in [7, 11) is 0. The van der Waals surface area contributed by atoms with E-state index in [9.17, 15) is 4.79 Å². The van der Waals surface area contributed by atoms with E-state index in [2.05, 4.69) is 12.2 Å². The standard InChI is InChI=1S/C13H19NO2/c1-3-9-14-12-7-5-11(6-8-12)10-13(15)16-4-2/h5-8,14H,3-4,9-10H2,1-2H3. The van der Waals surface area contributed by atoms with Crippen molar-refractivity contribution < 1.29 is 9.53 Å². The summed E-state index contributed by atoms with van der Waals surface area (Å²) in [6, 6.07) is 7.89. The van der Waals surface area contributed by atoms with Crippen molar-refractivity contribution in [1.82, 2.24) is 0 Å². The SMILES string of the molecule is CCCNc1ccc(CC(=O)OCC)cc1. The molecule has 0 aliphatic rings. The van der Waals surface area contributed by atoms with Gasteiger partial charge in [-0.1, -0.05) is 19.1 Å². The van der Waals surface area contributed by atoms with Gasteiger partial charge in [-0.15, -0.1) is 0 Å². The summed E-state index contributed by atoms with van der Waals surface area (Å²) in [6.45, 7) is 5.35. The molecule has 1 aromatic carbocycles. The van der Waals surface area contributed by atoms with Gasteiger partial charge < -0.3 is 10.1 Å². The van der Waals surface area contributed by atoms with Crippen LogP contribution < -0.4 is 5.32 Å². The van der Waals surface area contributed by atoms with Crippen LogP contribution >= 0.6 is 0 Å². The molecule has 0 atom stereocenters. The van der Waals surface area contributed by atoms with Crippen LogP contribution in [0.1, 0.15) is 25.8 Å². The van der Waals surface area contributed by atoms with Crippen molar-refractivity contribution in [3.63, 3.8) is 0 Å². The smallest absolute Gasteiger partial charge is 0.310 e. The zero-order valence-corrected chi connectivity index (χ0v) is 9.95. The highest BCUT2D eigenvalue weighted by molar-refractivity contribution is 5.72. The van der Waals surface area contributed by atoms with E-state index in [1.54, 1.807) is 0 Å². The maximum atomic E-state index is 11.2. The molecule has 0 saturated carbocycles. The molecule has 16 heavy (non-hydrogen) atoms. The molecule has 88 valence electrons. The molecular weight excluding hydrogens is 202 g/mol. The van der Waals surface area contributed by atoms with Crippen molar-refractivity contribution in [3.8, 4) is 0 Å². The van der Waals surface area contributed by atoms with E-state index in [-0.39, 0.29) is 5.97 Å². The van der Waals surface area contributed by atoms with Crippen molar-refractivity contribution >= 4 is 11.7 Å². The summed E-state index contributed by atoms with van der Waals surface area (Å²) < 4.78 is 4.89.